The van der Waals surface area contributed by atoms with Gasteiger partial charge in [0.25, 0.3) is 5.24 Å². The SMILES string of the molecule is C[C@@H]1[C@H](c2ccc(Cl)cc2)SC(=O)N1C(=O)NC1CCC(O)C(O)C1. The van der Waals surface area contributed by atoms with Crippen LogP contribution in [0.2, 0.25) is 5.02 Å². The summed E-state index contributed by atoms with van der Waals surface area (Å²) in [7, 11) is 0. The number of halogens is 1. The molecule has 3 rings (SSSR count). The first-order chi connectivity index (χ1) is 11.9. The average molecular weight is 385 g/mol. The van der Waals surface area contributed by atoms with Crippen molar-refractivity contribution in [3.05, 3.63) is 34.9 Å². The lowest BCUT2D eigenvalue weighted by atomic mass is 9.90. The van der Waals surface area contributed by atoms with Gasteiger partial charge in [-0.15, -0.1) is 0 Å². The second kappa shape index (κ2) is 7.53. The molecule has 1 saturated carbocycles. The van der Waals surface area contributed by atoms with Gasteiger partial charge in [0.15, 0.2) is 0 Å². The van der Waals surface area contributed by atoms with Crippen molar-refractivity contribution >= 4 is 34.6 Å². The number of nitrogens with zero attached hydrogens (tertiary/aromatic N) is 1. The van der Waals surface area contributed by atoms with Crippen LogP contribution in [0.4, 0.5) is 9.59 Å². The lowest BCUT2D eigenvalue weighted by molar-refractivity contribution is -0.0171. The van der Waals surface area contributed by atoms with E-state index in [2.05, 4.69) is 5.32 Å². The minimum absolute atomic E-state index is 0.144. The molecule has 1 heterocycles. The zero-order valence-electron chi connectivity index (χ0n) is 13.8. The minimum atomic E-state index is -0.845. The lowest BCUT2D eigenvalue weighted by Gasteiger charge is -2.32. The van der Waals surface area contributed by atoms with Gasteiger partial charge in [-0.1, -0.05) is 35.5 Å². The van der Waals surface area contributed by atoms with Gasteiger partial charge in [-0.05, 0) is 43.9 Å². The maximum atomic E-state index is 12.6. The van der Waals surface area contributed by atoms with Gasteiger partial charge in [0.1, 0.15) is 0 Å². The Hall–Kier alpha value is -1.28. The topological polar surface area (TPSA) is 89.9 Å². The van der Waals surface area contributed by atoms with Crippen LogP contribution in [0.5, 0.6) is 0 Å². The molecule has 8 heteroatoms. The molecular weight excluding hydrogens is 364 g/mol. The van der Waals surface area contributed by atoms with Crippen LogP contribution in [0.15, 0.2) is 24.3 Å². The highest BCUT2D eigenvalue weighted by Crippen LogP contribution is 2.43. The predicted octanol–water partition coefficient (Wildman–Crippen LogP) is 2.92. The Kier molecular flexibility index (Phi) is 5.58. The van der Waals surface area contributed by atoms with Gasteiger partial charge in [0, 0.05) is 11.1 Å². The van der Waals surface area contributed by atoms with E-state index in [9.17, 15) is 19.8 Å². The summed E-state index contributed by atoms with van der Waals surface area (Å²) in [5.74, 6) is 0. The number of carbonyl (C=O) groups is 2. The van der Waals surface area contributed by atoms with Crippen molar-refractivity contribution < 1.29 is 19.8 Å². The smallest absolute Gasteiger partial charge is 0.325 e. The van der Waals surface area contributed by atoms with Crippen LogP contribution in [0.3, 0.4) is 0 Å². The number of nitrogens with one attached hydrogen (secondary N) is 1. The Morgan fingerprint density at radius 3 is 2.56 bits per heavy atom. The van der Waals surface area contributed by atoms with Gasteiger partial charge in [-0.25, -0.2) is 4.79 Å². The van der Waals surface area contributed by atoms with Crippen LogP contribution in [0, 0.1) is 0 Å². The molecule has 1 aliphatic carbocycles. The van der Waals surface area contributed by atoms with Crippen molar-refractivity contribution in [3.8, 4) is 0 Å². The van der Waals surface area contributed by atoms with Gasteiger partial charge in [-0.2, -0.15) is 0 Å². The summed E-state index contributed by atoms with van der Waals surface area (Å²) < 4.78 is 0. The summed E-state index contributed by atoms with van der Waals surface area (Å²) in [6.45, 7) is 1.84. The molecule has 1 aromatic carbocycles. The summed E-state index contributed by atoms with van der Waals surface area (Å²) in [5.41, 5.74) is 0.946. The Balaban J connectivity index is 1.66. The molecule has 3 amide bonds. The second-order valence-corrected chi connectivity index (χ2v) is 8.09. The van der Waals surface area contributed by atoms with E-state index in [1.807, 2.05) is 19.1 Å². The molecule has 3 N–H and O–H groups in total. The zero-order valence-corrected chi connectivity index (χ0v) is 15.3. The summed E-state index contributed by atoms with van der Waals surface area (Å²) >= 11 is 7.03. The van der Waals surface area contributed by atoms with E-state index in [-0.39, 0.29) is 29.0 Å². The molecule has 2 fully saturated rings. The number of urea groups is 1. The van der Waals surface area contributed by atoms with Gasteiger partial charge < -0.3 is 15.5 Å². The first-order valence-corrected chi connectivity index (χ1v) is 9.54. The molecule has 136 valence electrons. The Morgan fingerprint density at radius 1 is 1.24 bits per heavy atom. The van der Waals surface area contributed by atoms with Gasteiger partial charge in [0.2, 0.25) is 0 Å². The van der Waals surface area contributed by atoms with E-state index >= 15 is 0 Å². The van der Waals surface area contributed by atoms with Crippen molar-refractivity contribution in [2.75, 3.05) is 0 Å². The number of amides is 3. The normalized spacial score (nSPS) is 32.7. The van der Waals surface area contributed by atoms with Crippen LogP contribution in [-0.2, 0) is 0 Å². The fourth-order valence-corrected chi connectivity index (χ4v) is 4.66. The molecule has 1 aliphatic heterocycles. The summed E-state index contributed by atoms with van der Waals surface area (Å²) in [6, 6.07) is 6.28. The molecule has 3 unspecified atom stereocenters. The van der Waals surface area contributed by atoms with Crippen LogP contribution < -0.4 is 5.32 Å². The summed E-state index contributed by atoms with van der Waals surface area (Å²) in [4.78, 5) is 26.2. The predicted molar refractivity (Wildman–Crippen MR) is 96.7 cm³/mol. The molecule has 6 nitrogen and oxygen atoms in total. The third-order valence-electron chi connectivity index (χ3n) is 4.80. The highest BCUT2D eigenvalue weighted by molar-refractivity contribution is 8.14. The number of benzene rings is 1. The molecule has 0 bridgehead atoms. The molecule has 5 atom stereocenters. The molecule has 0 aromatic heterocycles. The Bertz CT molecular complexity index is 657. The quantitative estimate of drug-likeness (QED) is 0.729. The third-order valence-corrected chi connectivity index (χ3v) is 6.37. The highest BCUT2D eigenvalue weighted by Gasteiger charge is 2.43. The number of aliphatic hydroxyl groups is 2. The van der Waals surface area contributed by atoms with Gasteiger partial charge >= 0.3 is 6.03 Å². The maximum absolute atomic E-state index is 12.6. The number of thioether (sulfide) groups is 1. The number of aliphatic hydroxyl groups excluding tert-OH is 2. The van der Waals surface area contributed by atoms with E-state index in [0.29, 0.717) is 17.9 Å². The number of carbonyl (C=O) groups excluding carboxylic acids is 2. The van der Waals surface area contributed by atoms with E-state index in [1.165, 1.54) is 4.90 Å². The maximum Gasteiger partial charge on any atom is 0.325 e. The summed E-state index contributed by atoms with van der Waals surface area (Å²) in [5, 5.41) is 22.3. The van der Waals surface area contributed by atoms with Crippen molar-refractivity contribution in [3.63, 3.8) is 0 Å². The lowest BCUT2D eigenvalue weighted by Crippen LogP contribution is -2.51. The van der Waals surface area contributed by atoms with Crippen LogP contribution in [0.25, 0.3) is 0 Å². The molecule has 1 aromatic rings. The van der Waals surface area contributed by atoms with Crippen LogP contribution >= 0.6 is 23.4 Å². The van der Waals surface area contributed by atoms with Gasteiger partial charge in [-0.3, -0.25) is 9.69 Å². The van der Waals surface area contributed by atoms with Crippen molar-refractivity contribution in [2.45, 2.75) is 55.7 Å². The largest absolute Gasteiger partial charge is 0.390 e. The molecule has 25 heavy (non-hydrogen) atoms. The van der Waals surface area contributed by atoms with Crippen molar-refractivity contribution in [1.82, 2.24) is 10.2 Å². The Morgan fingerprint density at radius 2 is 1.92 bits per heavy atom. The second-order valence-electron chi connectivity index (χ2n) is 6.56. The number of hydrogen-bond acceptors (Lipinski definition) is 5. The van der Waals surface area contributed by atoms with Crippen LogP contribution in [0.1, 0.15) is 37.0 Å². The highest BCUT2D eigenvalue weighted by atomic mass is 35.5. The van der Waals surface area contributed by atoms with Crippen molar-refractivity contribution in [1.29, 1.82) is 0 Å². The van der Waals surface area contributed by atoms with E-state index < -0.39 is 18.2 Å². The molecule has 0 spiro atoms. The third kappa shape index (κ3) is 3.95. The number of imide groups is 1. The van der Waals surface area contributed by atoms with E-state index in [0.717, 1.165) is 17.3 Å². The molecule has 2 aliphatic rings. The number of hydrogen-bond donors (Lipinski definition) is 3. The van der Waals surface area contributed by atoms with Crippen LogP contribution in [-0.4, -0.2) is 50.7 Å². The van der Waals surface area contributed by atoms with Gasteiger partial charge in [0.05, 0.1) is 23.5 Å². The first kappa shape index (κ1) is 18.5. The molecular formula is C17H21ClN2O4S. The Labute approximate surface area is 155 Å². The monoisotopic (exact) mass is 384 g/mol. The van der Waals surface area contributed by atoms with E-state index in [4.69, 9.17) is 11.6 Å². The minimum Gasteiger partial charge on any atom is -0.390 e. The molecule has 1 saturated heterocycles. The number of rotatable bonds is 2. The fraction of sp³-hybridized carbons (Fsp3) is 0.529. The van der Waals surface area contributed by atoms with Crippen molar-refractivity contribution in [2.24, 2.45) is 0 Å². The standard InChI is InChI=1S/C17H21ClN2O4S/c1-9-15(10-2-4-11(18)5-3-10)25-17(24)20(9)16(23)19-12-6-7-13(21)14(22)8-12/h2-5,9,12-15,21-22H,6-8H2,1H3,(H,19,23)/t9-,12?,13?,14?,15-/m1/s1. The van der Waals surface area contributed by atoms with E-state index in [1.54, 1.807) is 12.1 Å². The fourth-order valence-electron chi connectivity index (χ4n) is 3.34. The molecule has 0 radical (unpaired) electrons. The zero-order chi connectivity index (χ0) is 18.1. The average Bonchev–Trinajstić information content (AvgIpc) is 2.86. The first-order valence-electron chi connectivity index (χ1n) is 8.28. The summed E-state index contributed by atoms with van der Waals surface area (Å²) in [6.07, 6.45) is -0.296.